The maximum Gasteiger partial charge on any atom is 0.282 e. The molecule has 0 bridgehead atoms. The van der Waals surface area contributed by atoms with Gasteiger partial charge in [0.2, 0.25) is 0 Å². The van der Waals surface area contributed by atoms with E-state index in [4.69, 9.17) is 4.99 Å². The van der Waals surface area contributed by atoms with Crippen molar-refractivity contribution in [2.24, 2.45) is 4.99 Å². The molecule has 0 saturated heterocycles. The van der Waals surface area contributed by atoms with Gasteiger partial charge in [-0.15, -0.1) is 0 Å². The molecule has 28 heavy (non-hydrogen) atoms. The molecule has 1 saturated carbocycles. The maximum absolute atomic E-state index is 13.4. The molecule has 1 aliphatic heterocycles. The number of thiophene rings is 1. The van der Waals surface area contributed by atoms with Crippen molar-refractivity contribution in [3.63, 3.8) is 0 Å². The van der Waals surface area contributed by atoms with Gasteiger partial charge in [0.05, 0.1) is 17.1 Å². The molecule has 1 aromatic heterocycles. The summed E-state index contributed by atoms with van der Waals surface area (Å²) in [6, 6.07) is 18.3. The van der Waals surface area contributed by atoms with Crippen LogP contribution in [0.25, 0.3) is 0 Å². The van der Waals surface area contributed by atoms with Gasteiger partial charge in [0.1, 0.15) is 5.71 Å². The second-order valence-corrected chi connectivity index (χ2v) is 8.27. The molecule has 140 valence electrons. The molecular formula is C24H22N2OS. The topological polar surface area (TPSA) is 32.7 Å². The van der Waals surface area contributed by atoms with Crippen LogP contribution >= 0.6 is 11.3 Å². The van der Waals surface area contributed by atoms with Crippen LogP contribution in [0.15, 0.2) is 70.3 Å². The van der Waals surface area contributed by atoms with E-state index in [-0.39, 0.29) is 5.91 Å². The van der Waals surface area contributed by atoms with Gasteiger partial charge in [-0.05, 0) is 47.9 Å². The number of nitrogens with zero attached hydrogens (tertiary/aromatic N) is 2. The molecule has 0 N–H and O–H groups in total. The number of aliphatic imine (C=N–C) groups is 1. The SMILES string of the molecule is O=C1C(=Nc2ccccc2C2CCCCC2)c2ccccc2N1c1ccsc1. The van der Waals surface area contributed by atoms with Crippen molar-refractivity contribution >= 4 is 40.0 Å². The third kappa shape index (κ3) is 2.98. The number of fused-ring (bicyclic) bond motifs is 1. The summed E-state index contributed by atoms with van der Waals surface area (Å²) in [5.41, 5.74) is 5.52. The predicted octanol–water partition coefficient (Wildman–Crippen LogP) is 6.59. The zero-order chi connectivity index (χ0) is 18.9. The average Bonchev–Trinajstić information content (AvgIpc) is 3.36. The zero-order valence-electron chi connectivity index (χ0n) is 15.7. The Morgan fingerprint density at radius 1 is 0.929 bits per heavy atom. The monoisotopic (exact) mass is 386 g/mol. The molecule has 1 amide bonds. The van der Waals surface area contributed by atoms with Crippen molar-refractivity contribution in [2.45, 2.75) is 38.0 Å². The van der Waals surface area contributed by atoms with Crippen molar-refractivity contribution in [1.29, 1.82) is 0 Å². The lowest BCUT2D eigenvalue weighted by Gasteiger charge is -2.23. The normalized spacial score (nSPS) is 18.6. The van der Waals surface area contributed by atoms with E-state index < -0.39 is 0 Å². The van der Waals surface area contributed by atoms with Crippen LogP contribution in [0.2, 0.25) is 0 Å². The fourth-order valence-corrected chi connectivity index (χ4v) is 5.04. The predicted molar refractivity (Wildman–Crippen MR) is 116 cm³/mol. The lowest BCUT2D eigenvalue weighted by molar-refractivity contribution is -0.111. The minimum absolute atomic E-state index is 0.0435. The third-order valence-electron chi connectivity index (χ3n) is 5.78. The number of rotatable bonds is 3. The van der Waals surface area contributed by atoms with E-state index in [2.05, 4.69) is 18.2 Å². The van der Waals surface area contributed by atoms with Crippen LogP contribution in [-0.4, -0.2) is 11.6 Å². The van der Waals surface area contributed by atoms with Crippen LogP contribution in [-0.2, 0) is 4.79 Å². The van der Waals surface area contributed by atoms with Gasteiger partial charge in [-0.1, -0.05) is 55.7 Å². The lowest BCUT2D eigenvalue weighted by Crippen LogP contribution is -2.25. The van der Waals surface area contributed by atoms with Crippen LogP contribution in [0, 0.1) is 0 Å². The highest BCUT2D eigenvalue weighted by atomic mass is 32.1. The number of para-hydroxylation sites is 2. The Labute approximate surface area is 169 Å². The van der Waals surface area contributed by atoms with E-state index in [1.807, 2.05) is 47.2 Å². The second kappa shape index (κ2) is 7.36. The Balaban J connectivity index is 1.60. The van der Waals surface area contributed by atoms with Crippen molar-refractivity contribution in [3.05, 3.63) is 76.5 Å². The summed E-state index contributed by atoms with van der Waals surface area (Å²) in [7, 11) is 0. The first kappa shape index (κ1) is 17.4. The zero-order valence-corrected chi connectivity index (χ0v) is 16.5. The summed E-state index contributed by atoms with van der Waals surface area (Å²) in [4.78, 5) is 20.1. The Kier molecular flexibility index (Phi) is 4.57. The smallest absolute Gasteiger partial charge is 0.274 e. The first-order valence-electron chi connectivity index (χ1n) is 9.96. The third-order valence-corrected chi connectivity index (χ3v) is 6.45. The molecule has 0 radical (unpaired) electrons. The van der Waals surface area contributed by atoms with E-state index in [0.717, 1.165) is 22.6 Å². The van der Waals surface area contributed by atoms with Gasteiger partial charge in [0.15, 0.2) is 0 Å². The average molecular weight is 387 g/mol. The number of carbonyl (C=O) groups excluding carboxylic acids is 1. The van der Waals surface area contributed by atoms with Crippen molar-refractivity contribution < 1.29 is 4.79 Å². The van der Waals surface area contributed by atoms with E-state index >= 15 is 0 Å². The van der Waals surface area contributed by atoms with Gasteiger partial charge in [-0.2, -0.15) is 11.3 Å². The molecule has 3 nitrogen and oxygen atoms in total. The molecule has 0 atom stereocenters. The highest BCUT2D eigenvalue weighted by Gasteiger charge is 2.35. The first-order valence-corrected chi connectivity index (χ1v) is 10.9. The van der Waals surface area contributed by atoms with Gasteiger partial charge in [-0.3, -0.25) is 9.69 Å². The summed E-state index contributed by atoms with van der Waals surface area (Å²) in [5.74, 6) is 0.507. The van der Waals surface area contributed by atoms with Gasteiger partial charge < -0.3 is 0 Å². The Morgan fingerprint density at radius 2 is 1.71 bits per heavy atom. The maximum atomic E-state index is 13.4. The van der Waals surface area contributed by atoms with Crippen LogP contribution in [0.4, 0.5) is 17.1 Å². The molecule has 2 aliphatic rings. The second-order valence-electron chi connectivity index (χ2n) is 7.49. The molecule has 2 heterocycles. The number of hydrogen-bond donors (Lipinski definition) is 0. The van der Waals surface area contributed by atoms with Gasteiger partial charge in [-0.25, -0.2) is 4.99 Å². The molecule has 0 spiro atoms. The fraction of sp³-hybridized carbons (Fsp3) is 0.250. The summed E-state index contributed by atoms with van der Waals surface area (Å²) >= 11 is 1.60. The Hall–Kier alpha value is -2.72. The highest BCUT2D eigenvalue weighted by Crippen LogP contribution is 2.40. The minimum atomic E-state index is -0.0435. The standard InChI is InChI=1S/C24H22N2OS/c27-24-23(20-11-5-7-13-22(20)26(24)18-14-15-28-16-18)25-21-12-6-4-10-19(21)17-8-2-1-3-9-17/h4-7,10-17H,1-3,8-9H2. The Morgan fingerprint density at radius 3 is 2.54 bits per heavy atom. The summed E-state index contributed by atoms with van der Waals surface area (Å²) in [5, 5.41) is 4.01. The highest BCUT2D eigenvalue weighted by molar-refractivity contribution is 7.08. The lowest BCUT2D eigenvalue weighted by atomic mass is 9.83. The van der Waals surface area contributed by atoms with Crippen LogP contribution in [0.3, 0.4) is 0 Å². The first-order chi connectivity index (χ1) is 13.8. The molecule has 0 unspecified atom stereocenters. The molecule has 3 aromatic rings. The van der Waals surface area contributed by atoms with Gasteiger partial charge in [0, 0.05) is 10.9 Å². The number of hydrogen-bond acceptors (Lipinski definition) is 3. The molecular weight excluding hydrogens is 364 g/mol. The number of amides is 1. The summed E-state index contributed by atoms with van der Waals surface area (Å²) < 4.78 is 0. The van der Waals surface area contributed by atoms with Crippen molar-refractivity contribution in [1.82, 2.24) is 0 Å². The largest absolute Gasteiger partial charge is 0.282 e. The van der Waals surface area contributed by atoms with Crippen LogP contribution < -0.4 is 4.90 Å². The number of anilines is 2. The van der Waals surface area contributed by atoms with E-state index in [1.54, 1.807) is 16.2 Å². The molecule has 4 heteroatoms. The molecule has 2 aromatic carbocycles. The van der Waals surface area contributed by atoms with Crippen LogP contribution in [0.1, 0.15) is 49.1 Å². The fourth-order valence-electron chi connectivity index (χ4n) is 4.42. The summed E-state index contributed by atoms with van der Waals surface area (Å²) in [6.07, 6.45) is 6.32. The summed E-state index contributed by atoms with van der Waals surface area (Å²) in [6.45, 7) is 0. The van der Waals surface area contributed by atoms with Gasteiger partial charge >= 0.3 is 0 Å². The molecule has 5 rings (SSSR count). The van der Waals surface area contributed by atoms with E-state index in [0.29, 0.717) is 11.6 Å². The van der Waals surface area contributed by atoms with Crippen LogP contribution in [0.5, 0.6) is 0 Å². The van der Waals surface area contributed by atoms with Crippen molar-refractivity contribution in [2.75, 3.05) is 4.90 Å². The van der Waals surface area contributed by atoms with E-state index in [1.165, 1.54) is 37.7 Å². The minimum Gasteiger partial charge on any atom is -0.274 e. The Bertz CT molecular complexity index is 1030. The molecule has 1 fully saturated rings. The number of benzene rings is 2. The quantitative estimate of drug-likeness (QED) is 0.499. The van der Waals surface area contributed by atoms with Crippen molar-refractivity contribution in [3.8, 4) is 0 Å². The van der Waals surface area contributed by atoms with E-state index in [9.17, 15) is 4.79 Å². The molecule has 1 aliphatic carbocycles. The van der Waals surface area contributed by atoms with Gasteiger partial charge in [0.25, 0.3) is 5.91 Å². The number of carbonyl (C=O) groups is 1.